The Bertz CT molecular complexity index is 565. The van der Waals surface area contributed by atoms with Crippen molar-refractivity contribution < 1.29 is 14.0 Å². The number of rotatable bonds is 3. The Hall–Kier alpha value is -1.47. The molecule has 2 amide bonds. The molecule has 7 heteroatoms. The fraction of sp³-hybridized carbons (Fsp3) is 0.625. The van der Waals surface area contributed by atoms with Crippen LogP contribution < -0.4 is 5.32 Å². The van der Waals surface area contributed by atoms with Gasteiger partial charge in [-0.25, -0.2) is 0 Å². The van der Waals surface area contributed by atoms with E-state index in [2.05, 4.69) is 10.2 Å². The van der Waals surface area contributed by atoms with E-state index in [0.29, 0.717) is 18.8 Å². The lowest BCUT2D eigenvalue weighted by molar-refractivity contribution is -0.138. The molecule has 3 rings (SSSR count). The Morgan fingerprint density at radius 2 is 2.13 bits per heavy atom. The number of hydrogen-bond donors (Lipinski definition) is 1. The molecule has 0 saturated carbocycles. The van der Waals surface area contributed by atoms with Crippen LogP contribution in [-0.4, -0.2) is 64.3 Å². The van der Waals surface area contributed by atoms with Gasteiger partial charge >= 0.3 is 0 Å². The van der Waals surface area contributed by atoms with Crippen molar-refractivity contribution in [3.63, 3.8) is 0 Å². The van der Waals surface area contributed by atoms with Gasteiger partial charge < -0.3 is 14.6 Å². The van der Waals surface area contributed by atoms with Gasteiger partial charge in [-0.3, -0.25) is 14.5 Å². The van der Waals surface area contributed by atoms with E-state index < -0.39 is 10.8 Å². The average Bonchev–Trinajstić information content (AvgIpc) is 3.03. The second-order valence-electron chi connectivity index (χ2n) is 6.53. The second kappa shape index (κ2) is 6.57. The lowest BCUT2D eigenvalue weighted by atomic mass is 10.1. The normalized spacial score (nSPS) is 25.2. The maximum absolute atomic E-state index is 12.6. The monoisotopic (exact) mass is 337 g/mol. The number of hydrogen-bond acceptors (Lipinski definition) is 5. The lowest BCUT2D eigenvalue weighted by Gasteiger charge is -2.39. The number of nitrogens with one attached hydrogen (secondary N) is 1. The number of amides is 2. The first-order chi connectivity index (χ1) is 11.0. The lowest BCUT2D eigenvalue weighted by Crippen LogP contribution is -2.60. The van der Waals surface area contributed by atoms with E-state index >= 15 is 0 Å². The molecule has 0 unspecified atom stereocenters. The number of carbonyl (C=O) groups excluding carboxylic acids is 2. The molecular formula is C16H23N3O3S. The molecule has 6 nitrogen and oxygen atoms in total. The third kappa shape index (κ3) is 3.72. The first kappa shape index (κ1) is 16.4. The Labute approximate surface area is 140 Å². The first-order valence-corrected chi connectivity index (χ1v) is 8.93. The van der Waals surface area contributed by atoms with Gasteiger partial charge in [0.15, 0.2) is 0 Å². The maximum Gasteiger partial charge on any atom is 0.246 e. The molecule has 126 valence electrons. The topological polar surface area (TPSA) is 65.8 Å². The average molecular weight is 337 g/mol. The molecule has 0 bridgehead atoms. The van der Waals surface area contributed by atoms with Crippen molar-refractivity contribution in [3.05, 3.63) is 24.2 Å². The minimum Gasteiger partial charge on any atom is -0.468 e. The van der Waals surface area contributed by atoms with Crippen LogP contribution in [0.15, 0.2) is 22.8 Å². The highest BCUT2D eigenvalue weighted by Crippen LogP contribution is 2.29. The van der Waals surface area contributed by atoms with Gasteiger partial charge in [-0.2, -0.15) is 0 Å². The largest absolute Gasteiger partial charge is 0.468 e. The quantitative estimate of drug-likeness (QED) is 0.889. The van der Waals surface area contributed by atoms with Gasteiger partial charge in [0, 0.05) is 31.9 Å². The van der Waals surface area contributed by atoms with Crippen LogP contribution in [-0.2, 0) is 16.1 Å². The summed E-state index contributed by atoms with van der Waals surface area (Å²) >= 11 is 1.55. The molecule has 2 aliphatic rings. The molecule has 0 aliphatic carbocycles. The van der Waals surface area contributed by atoms with Crippen LogP contribution in [0.3, 0.4) is 0 Å². The first-order valence-electron chi connectivity index (χ1n) is 7.94. The Morgan fingerprint density at radius 1 is 1.39 bits per heavy atom. The molecule has 1 N–H and O–H groups in total. The summed E-state index contributed by atoms with van der Waals surface area (Å²) in [4.78, 5) is 28.8. The molecule has 0 radical (unpaired) electrons. The molecule has 3 heterocycles. The molecule has 0 spiro atoms. The minimum absolute atomic E-state index is 0.0407. The zero-order chi connectivity index (χ0) is 16.4. The van der Waals surface area contributed by atoms with E-state index in [1.807, 2.05) is 30.9 Å². The maximum atomic E-state index is 12.6. The molecule has 1 aromatic heterocycles. The summed E-state index contributed by atoms with van der Waals surface area (Å²) in [5.74, 6) is 1.58. The third-order valence-corrected chi connectivity index (χ3v) is 5.81. The number of nitrogens with zero attached hydrogens (tertiary/aromatic N) is 2. The van der Waals surface area contributed by atoms with Crippen molar-refractivity contribution in [3.8, 4) is 0 Å². The van der Waals surface area contributed by atoms with Crippen LogP contribution in [0.25, 0.3) is 0 Å². The predicted octanol–water partition coefficient (Wildman–Crippen LogP) is 0.934. The number of piperazine rings is 1. The van der Waals surface area contributed by atoms with Gasteiger partial charge in [0.1, 0.15) is 11.8 Å². The van der Waals surface area contributed by atoms with Crippen LogP contribution in [0, 0.1) is 0 Å². The number of furan rings is 1. The van der Waals surface area contributed by atoms with Crippen molar-refractivity contribution >= 4 is 23.6 Å². The van der Waals surface area contributed by atoms with Gasteiger partial charge in [-0.1, -0.05) is 0 Å². The summed E-state index contributed by atoms with van der Waals surface area (Å²) in [5, 5.41) is 2.87. The highest BCUT2D eigenvalue weighted by atomic mass is 32.2. The van der Waals surface area contributed by atoms with E-state index in [1.54, 1.807) is 18.0 Å². The Morgan fingerprint density at radius 3 is 2.74 bits per heavy atom. The van der Waals surface area contributed by atoms with Crippen molar-refractivity contribution in [2.45, 2.75) is 31.2 Å². The molecular weight excluding hydrogens is 314 g/mol. The van der Waals surface area contributed by atoms with E-state index in [4.69, 9.17) is 4.42 Å². The Balaban J connectivity index is 1.49. The van der Waals surface area contributed by atoms with E-state index in [0.717, 1.165) is 25.4 Å². The van der Waals surface area contributed by atoms with Crippen LogP contribution in [0.1, 0.15) is 19.6 Å². The van der Waals surface area contributed by atoms with Crippen LogP contribution in [0.2, 0.25) is 0 Å². The van der Waals surface area contributed by atoms with Crippen LogP contribution in [0.5, 0.6) is 0 Å². The van der Waals surface area contributed by atoms with Gasteiger partial charge in [-0.15, -0.1) is 11.8 Å². The van der Waals surface area contributed by atoms with E-state index in [-0.39, 0.29) is 11.8 Å². The molecule has 0 aromatic carbocycles. The highest BCUT2D eigenvalue weighted by molar-refractivity contribution is 8.01. The summed E-state index contributed by atoms with van der Waals surface area (Å²) in [5.41, 5.74) is 0. The Kier molecular flexibility index (Phi) is 4.68. The van der Waals surface area contributed by atoms with Crippen molar-refractivity contribution in [2.24, 2.45) is 0 Å². The van der Waals surface area contributed by atoms with Gasteiger partial charge in [0.2, 0.25) is 11.8 Å². The molecule has 1 atom stereocenters. The van der Waals surface area contributed by atoms with Crippen LogP contribution in [0.4, 0.5) is 0 Å². The number of thioether (sulfide) groups is 1. The van der Waals surface area contributed by atoms with Gasteiger partial charge in [-0.05, 0) is 26.0 Å². The zero-order valence-corrected chi connectivity index (χ0v) is 14.4. The number of carbonyl (C=O) groups is 2. The molecule has 23 heavy (non-hydrogen) atoms. The second-order valence-corrected chi connectivity index (χ2v) is 8.17. The predicted molar refractivity (Wildman–Crippen MR) is 89.0 cm³/mol. The molecule has 2 fully saturated rings. The van der Waals surface area contributed by atoms with Crippen molar-refractivity contribution in [1.82, 2.24) is 15.1 Å². The standard InChI is InChI=1S/C16H23N3O3S/c1-16(2)15(21)17-13(11-23-16)14(20)19-7-5-18(6-8-19)10-12-4-3-9-22-12/h3-4,9,13H,5-8,10-11H2,1-2H3,(H,17,21)/t13-/m0/s1. The van der Waals surface area contributed by atoms with Crippen LogP contribution >= 0.6 is 11.8 Å². The van der Waals surface area contributed by atoms with Gasteiger partial charge in [0.25, 0.3) is 0 Å². The zero-order valence-electron chi connectivity index (χ0n) is 13.6. The van der Waals surface area contributed by atoms with Crippen molar-refractivity contribution in [1.29, 1.82) is 0 Å². The summed E-state index contributed by atoms with van der Waals surface area (Å²) in [6.45, 7) is 7.60. The fourth-order valence-electron chi connectivity index (χ4n) is 2.83. The molecule has 2 aliphatic heterocycles. The third-order valence-electron chi connectivity index (χ3n) is 4.40. The summed E-state index contributed by atoms with van der Waals surface area (Å²) in [7, 11) is 0. The minimum atomic E-state index is -0.446. The van der Waals surface area contributed by atoms with E-state index in [9.17, 15) is 9.59 Å². The summed E-state index contributed by atoms with van der Waals surface area (Å²) in [6.07, 6.45) is 1.68. The summed E-state index contributed by atoms with van der Waals surface area (Å²) in [6, 6.07) is 3.46. The molecule has 1 aromatic rings. The van der Waals surface area contributed by atoms with Crippen molar-refractivity contribution in [2.75, 3.05) is 31.9 Å². The summed E-state index contributed by atoms with van der Waals surface area (Å²) < 4.78 is 4.92. The molecule has 2 saturated heterocycles. The van der Waals surface area contributed by atoms with E-state index in [1.165, 1.54) is 0 Å². The SMILES string of the molecule is CC1(C)SC[C@@H](C(=O)N2CCN(Cc3ccco3)CC2)NC1=O. The van der Waals surface area contributed by atoms with Gasteiger partial charge in [0.05, 0.1) is 17.6 Å². The fourth-order valence-corrected chi connectivity index (χ4v) is 3.83. The smallest absolute Gasteiger partial charge is 0.246 e. The highest BCUT2D eigenvalue weighted by Gasteiger charge is 2.39.